The van der Waals surface area contributed by atoms with Crippen LogP contribution in [-0.2, 0) is 12.3 Å². The molecule has 0 aliphatic carbocycles. The van der Waals surface area contributed by atoms with Gasteiger partial charge in [0, 0.05) is 12.1 Å². The normalized spacial score (nSPS) is 10.6. The third kappa shape index (κ3) is 2.48. The summed E-state index contributed by atoms with van der Waals surface area (Å²) in [4.78, 5) is 0. The van der Waals surface area contributed by atoms with Gasteiger partial charge in [-0.2, -0.15) is 0 Å². The van der Waals surface area contributed by atoms with Crippen LogP contribution in [0.2, 0.25) is 0 Å². The van der Waals surface area contributed by atoms with E-state index in [0.717, 1.165) is 35.9 Å². The average molecular weight is 266 g/mol. The van der Waals surface area contributed by atoms with E-state index in [4.69, 9.17) is 16.3 Å². The van der Waals surface area contributed by atoms with Crippen molar-refractivity contribution in [1.82, 2.24) is 14.8 Å². The van der Waals surface area contributed by atoms with Crippen molar-refractivity contribution < 1.29 is 4.74 Å². The number of nitrogens with zero attached hydrogens (tertiary/aromatic N) is 3. The predicted molar refractivity (Wildman–Crippen MR) is 71.5 cm³/mol. The SMILES string of the molecule is CCCc1nnc(CCl)n1-c1ccc(OC)cc1. The van der Waals surface area contributed by atoms with Gasteiger partial charge in [0.05, 0.1) is 13.0 Å². The topological polar surface area (TPSA) is 39.9 Å². The maximum Gasteiger partial charge on any atom is 0.152 e. The molecule has 0 saturated heterocycles. The zero-order chi connectivity index (χ0) is 13.0. The number of benzene rings is 1. The van der Waals surface area contributed by atoms with Crippen LogP contribution in [-0.4, -0.2) is 21.9 Å². The highest BCUT2D eigenvalue weighted by Crippen LogP contribution is 2.19. The lowest BCUT2D eigenvalue weighted by molar-refractivity contribution is 0.414. The first kappa shape index (κ1) is 12.9. The Morgan fingerprint density at radius 2 is 1.83 bits per heavy atom. The van der Waals surface area contributed by atoms with Crippen molar-refractivity contribution in [1.29, 1.82) is 0 Å². The molecule has 0 atom stereocenters. The lowest BCUT2D eigenvalue weighted by Crippen LogP contribution is -2.04. The van der Waals surface area contributed by atoms with Crippen LogP contribution in [0.25, 0.3) is 5.69 Å². The van der Waals surface area contributed by atoms with Crippen molar-refractivity contribution in [2.45, 2.75) is 25.6 Å². The molecule has 1 heterocycles. The molecule has 0 aliphatic heterocycles. The van der Waals surface area contributed by atoms with Crippen molar-refractivity contribution in [2.24, 2.45) is 0 Å². The highest BCUT2D eigenvalue weighted by atomic mass is 35.5. The Labute approximate surface area is 112 Å². The van der Waals surface area contributed by atoms with Gasteiger partial charge in [-0.25, -0.2) is 0 Å². The van der Waals surface area contributed by atoms with Crippen LogP contribution in [0.15, 0.2) is 24.3 Å². The van der Waals surface area contributed by atoms with Crippen LogP contribution in [0, 0.1) is 0 Å². The summed E-state index contributed by atoms with van der Waals surface area (Å²) in [6.07, 6.45) is 1.91. The first-order valence-corrected chi connectivity index (χ1v) is 6.47. The zero-order valence-corrected chi connectivity index (χ0v) is 11.3. The number of ether oxygens (including phenoxy) is 1. The molecule has 0 bridgehead atoms. The third-order valence-electron chi connectivity index (χ3n) is 2.72. The van der Waals surface area contributed by atoms with Gasteiger partial charge in [-0.15, -0.1) is 21.8 Å². The lowest BCUT2D eigenvalue weighted by atomic mass is 10.2. The quantitative estimate of drug-likeness (QED) is 0.781. The lowest BCUT2D eigenvalue weighted by Gasteiger charge is -2.09. The molecule has 0 aliphatic rings. The second-order valence-electron chi connectivity index (χ2n) is 3.95. The van der Waals surface area contributed by atoms with Gasteiger partial charge >= 0.3 is 0 Å². The second kappa shape index (κ2) is 5.87. The first-order valence-electron chi connectivity index (χ1n) is 5.93. The van der Waals surface area contributed by atoms with Crippen LogP contribution in [0.4, 0.5) is 0 Å². The summed E-state index contributed by atoms with van der Waals surface area (Å²) < 4.78 is 7.16. The molecule has 0 unspecified atom stereocenters. The van der Waals surface area contributed by atoms with Crippen LogP contribution < -0.4 is 4.74 Å². The van der Waals surface area contributed by atoms with Crippen molar-refractivity contribution in [3.63, 3.8) is 0 Å². The summed E-state index contributed by atoms with van der Waals surface area (Å²) in [5, 5.41) is 8.31. The summed E-state index contributed by atoms with van der Waals surface area (Å²) in [6, 6.07) is 7.81. The fourth-order valence-corrected chi connectivity index (χ4v) is 2.03. The highest BCUT2D eigenvalue weighted by molar-refractivity contribution is 6.16. The summed E-state index contributed by atoms with van der Waals surface area (Å²) in [5.74, 6) is 2.89. The summed E-state index contributed by atoms with van der Waals surface area (Å²) >= 11 is 5.91. The van der Waals surface area contributed by atoms with Gasteiger partial charge in [0.2, 0.25) is 0 Å². The molecule has 0 fully saturated rings. The Bertz CT molecular complexity index is 507. The number of rotatable bonds is 5. The van der Waals surface area contributed by atoms with E-state index in [2.05, 4.69) is 17.1 Å². The van der Waals surface area contributed by atoms with Crippen molar-refractivity contribution in [3.8, 4) is 11.4 Å². The van der Waals surface area contributed by atoms with E-state index in [-0.39, 0.29) is 0 Å². The molecule has 18 heavy (non-hydrogen) atoms. The molecule has 0 radical (unpaired) electrons. The molecule has 2 rings (SSSR count). The minimum atomic E-state index is 0.350. The van der Waals surface area contributed by atoms with E-state index < -0.39 is 0 Å². The largest absolute Gasteiger partial charge is 0.497 e. The van der Waals surface area contributed by atoms with Gasteiger partial charge in [-0.3, -0.25) is 4.57 Å². The molecule has 0 spiro atoms. The third-order valence-corrected chi connectivity index (χ3v) is 2.96. The van der Waals surface area contributed by atoms with Gasteiger partial charge in [0.15, 0.2) is 5.82 Å². The monoisotopic (exact) mass is 265 g/mol. The Kier molecular flexibility index (Phi) is 4.20. The van der Waals surface area contributed by atoms with E-state index in [9.17, 15) is 0 Å². The molecule has 2 aromatic rings. The van der Waals surface area contributed by atoms with Crippen LogP contribution in [0.5, 0.6) is 5.75 Å². The highest BCUT2D eigenvalue weighted by Gasteiger charge is 2.12. The Hall–Kier alpha value is -1.55. The molecule has 0 saturated carbocycles. The zero-order valence-electron chi connectivity index (χ0n) is 10.6. The van der Waals surface area contributed by atoms with E-state index in [0.29, 0.717) is 5.88 Å². The molecule has 0 N–H and O–H groups in total. The van der Waals surface area contributed by atoms with E-state index in [1.807, 2.05) is 28.8 Å². The van der Waals surface area contributed by atoms with Crippen LogP contribution >= 0.6 is 11.6 Å². The van der Waals surface area contributed by atoms with Gasteiger partial charge in [0.25, 0.3) is 0 Å². The summed E-state index contributed by atoms with van der Waals surface area (Å²) in [5.41, 5.74) is 1.01. The maximum absolute atomic E-state index is 5.91. The molecular formula is C13H16ClN3O. The number of alkyl halides is 1. The number of methoxy groups -OCH3 is 1. The van der Waals surface area contributed by atoms with Gasteiger partial charge < -0.3 is 4.74 Å². The van der Waals surface area contributed by atoms with Gasteiger partial charge in [0.1, 0.15) is 11.6 Å². The van der Waals surface area contributed by atoms with E-state index in [1.165, 1.54) is 0 Å². The van der Waals surface area contributed by atoms with Crippen LogP contribution in [0.3, 0.4) is 0 Å². The summed E-state index contributed by atoms with van der Waals surface area (Å²) in [6.45, 7) is 2.12. The van der Waals surface area contributed by atoms with Crippen molar-refractivity contribution in [3.05, 3.63) is 35.9 Å². The molecular weight excluding hydrogens is 250 g/mol. The number of halogens is 1. The van der Waals surface area contributed by atoms with Gasteiger partial charge in [-0.1, -0.05) is 6.92 Å². The predicted octanol–water partition coefficient (Wildman–Crippen LogP) is 2.97. The molecule has 96 valence electrons. The molecule has 1 aromatic heterocycles. The van der Waals surface area contributed by atoms with Crippen molar-refractivity contribution >= 4 is 11.6 Å². The standard InChI is InChI=1S/C13H16ClN3O/c1-3-4-12-15-16-13(9-14)17(12)10-5-7-11(18-2)8-6-10/h5-8H,3-4,9H2,1-2H3. The number of hydrogen-bond acceptors (Lipinski definition) is 3. The maximum atomic E-state index is 5.91. The molecule has 0 amide bonds. The number of aromatic nitrogens is 3. The van der Waals surface area contributed by atoms with Crippen LogP contribution in [0.1, 0.15) is 25.0 Å². The van der Waals surface area contributed by atoms with E-state index in [1.54, 1.807) is 7.11 Å². The average Bonchev–Trinajstić information content (AvgIpc) is 2.82. The number of hydrogen-bond donors (Lipinski definition) is 0. The fourth-order valence-electron chi connectivity index (χ4n) is 1.86. The van der Waals surface area contributed by atoms with Gasteiger partial charge in [-0.05, 0) is 30.7 Å². The molecule has 1 aromatic carbocycles. The fraction of sp³-hybridized carbons (Fsp3) is 0.385. The Balaban J connectivity index is 2.43. The minimum absolute atomic E-state index is 0.350. The second-order valence-corrected chi connectivity index (χ2v) is 4.22. The van der Waals surface area contributed by atoms with Crippen molar-refractivity contribution in [2.75, 3.05) is 7.11 Å². The molecule has 5 heteroatoms. The number of aryl methyl sites for hydroxylation is 1. The smallest absolute Gasteiger partial charge is 0.152 e. The Morgan fingerprint density at radius 1 is 1.17 bits per heavy atom. The Morgan fingerprint density at radius 3 is 2.39 bits per heavy atom. The minimum Gasteiger partial charge on any atom is -0.497 e. The van der Waals surface area contributed by atoms with E-state index >= 15 is 0 Å². The first-order chi connectivity index (χ1) is 8.80. The summed E-state index contributed by atoms with van der Waals surface area (Å²) in [7, 11) is 1.65. The molecule has 4 nitrogen and oxygen atoms in total.